The number of amides is 1. The zero-order chi connectivity index (χ0) is 11.5. The lowest BCUT2D eigenvalue weighted by atomic mass is 9.96. The van der Waals surface area contributed by atoms with E-state index in [0.29, 0.717) is 25.4 Å². The van der Waals surface area contributed by atoms with Gasteiger partial charge in [0.1, 0.15) is 0 Å². The molecule has 0 aromatic carbocycles. The summed E-state index contributed by atoms with van der Waals surface area (Å²) >= 11 is 0. The molecule has 2 unspecified atom stereocenters. The van der Waals surface area contributed by atoms with Gasteiger partial charge in [0.15, 0.2) is 0 Å². The van der Waals surface area contributed by atoms with Crippen molar-refractivity contribution in [2.24, 2.45) is 11.8 Å². The lowest BCUT2D eigenvalue weighted by Gasteiger charge is -2.23. The molecule has 0 aliphatic carbocycles. The van der Waals surface area contributed by atoms with Gasteiger partial charge in [-0.15, -0.1) is 0 Å². The third-order valence-electron chi connectivity index (χ3n) is 3.23. The van der Waals surface area contributed by atoms with E-state index in [0.717, 1.165) is 6.54 Å². The van der Waals surface area contributed by atoms with Gasteiger partial charge in [-0.25, -0.2) is 0 Å². The summed E-state index contributed by atoms with van der Waals surface area (Å²) in [6.45, 7) is 7.72. The minimum absolute atomic E-state index is 0.00274. The lowest BCUT2D eigenvalue weighted by Crippen LogP contribution is -2.46. The van der Waals surface area contributed by atoms with Crippen LogP contribution in [0.1, 0.15) is 27.2 Å². The zero-order valence-corrected chi connectivity index (χ0v) is 9.84. The van der Waals surface area contributed by atoms with Crippen molar-refractivity contribution in [3.63, 3.8) is 0 Å². The van der Waals surface area contributed by atoms with Gasteiger partial charge in [-0.2, -0.15) is 0 Å². The molecule has 4 heteroatoms. The molecule has 15 heavy (non-hydrogen) atoms. The molecule has 1 aliphatic heterocycles. The largest absolute Gasteiger partial charge is 0.387 e. The Bertz CT molecular complexity index is 223. The van der Waals surface area contributed by atoms with E-state index in [1.807, 2.05) is 20.8 Å². The molecule has 0 aromatic heterocycles. The standard InChI is InChI=1S/C11H22N2O2/c1-8(2)9(3)10(14)13-7-11(15)4-5-12-6-11/h8-9,12,15H,4-7H2,1-3H3,(H,13,14). The first kappa shape index (κ1) is 12.5. The summed E-state index contributed by atoms with van der Waals surface area (Å²) in [7, 11) is 0. The van der Waals surface area contributed by atoms with Gasteiger partial charge in [0.2, 0.25) is 5.91 Å². The van der Waals surface area contributed by atoms with Crippen LogP contribution in [0.2, 0.25) is 0 Å². The van der Waals surface area contributed by atoms with E-state index in [1.54, 1.807) is 0 Å². The quantitative estimate of drug-likeness (QED) is 0.623. The molecule has 1 saturated heterocycles. The molecule has 0 spiro atoms. The fraction of sp³-hybridized carbons (Fsp3) is 0.909. The fourth-order valence-electron chi connectivity index (χ4n) is 1.60. The highest BCUT2D eigenvalue weighted by Crippen LogP contribution is 2.14. The maximum absolute atomic E-state index is 11.6. The van der Waals surface area contributed by atoms with E-state index in [2.05, 4.69) is 10.6 Å². The SMILES string of the molecule is CC(C)C(C)C(=O)NCC1(O)CCNC1. The van der Waals surface area contributed by atoms with Crippen molar-refractivity contribution < 1.29 is 9.90 Å². The maximum atomic E-state index is 11.6. The van der Waals surface area contributed by atoms with E-state index in [-0.39, 0.29) is 11.8 Å². The Morgan fingerprint density at radius 3 is 2.67 bits per heavy atom. The van der Waals surface area contributed by atoms with Crippen molar-refractivity contribution in [3.05, 3.63) is 0 Å². The van der Waals surface area contributed by atoms with Crippen LogP contribution in [-0.4, -0.2) is 36.2 Å². The number of rotatable bonds is 4. The summed E-state index contributed by atoms with van der Waals surface area (Å²) < 4.78 is 0. The Kier molecular flexibility index (Phi) is 4.11. The molecule has 0 saturated carbocycles. The van der Waals surface area contributed by atoms with Gasteiger partial charge < -0.3 is 15.7 Å². The molecule has 0 radical (unpaired) electrons. The predicted molar refractivity (Wildman–Crippen MR) is 59.4 cm³/mol. The van der Waals surface area contributed by atoms with Crippen molar-refractivity contribution in [3.8, 4) is 0 Å². The average Bonchev–Trinajstić information content (AvgIpc) is 2.61. The lowest BCUT2D eigenvalue weighted by molar-refractivity contribution is -0.126. The van der Waals surface area contributed by atoms with Gasteiger partial charge in [0, 0.05) is 19.0 Å². The molecule has 1 rings (SSSR count). The Balaban J connectivity index is 2.33. The van der Waals surface area contributed by atoms with Crippen molar-refractivity contribution in [2.75, 3.05) is 19.6 Å². The smallest absolute Gasteiger partial charge is 0.223 e. The molecule has 88 valence electrons. The van der Waals surface area contributed by atoms with Crippen LogP contribution < -0.4 is 10.6 Å². The molecule has 1 fully saturated rings. The first-order valence-corrected chi connectivity index (χ1v) is 5.65. The molecule has 0 bridgehead atoms. The molecule has 2 atom stereocenters. The van der Waals surface area contributed by atoms with Gasteiger partial charge in [-0.3, -0.25) is 4.79 Å². The van der Waals surface area contributed by atoms with Crippen LogP contribution in [0.4, 0.5) is 0 Å². The summed E-state index contributed by atoms with van der Waals surface area (Å²) in [5.41, 5.74) is -0.744. The number of carbonyl (C=O) groups excluding carboxylic acids is 1. The monoisotopic (exact) mass is 214 g/mol. The van der Waals surface area contributed by atoms with Crippen LogP contribution in [0.15, 0.2) is 0 Å². The summed E-state index contributed by atoms with van der Waals surface area (Å²) in [4.78, 5) is 11.6. The number of hydrogen-bond donors (Lipinski definition) is 3. The minimum atomic E-state index is -0.744. The van der Waals surface area contributed by atoms with Crippen molar-refractivity contribution in [1.82, 2.24) is 10.6 Å². The number of nitrogens with one attached hydrogen (secondary N) is 2. The van der Waals surface area contributed by atoms with Crippen LogP contribution in [0, 0.1) is 11.8 Å². The second-order valence-electron chi connectivity index (χ2n) is 4.90. The van der Waals surface area contributed by atoms with Gasteiger partial charge in [0.25, 0.3) is 0 Å². The van der Waals surface area contributed by atoms with Gasteiger partial charge >= 0.3 is 0 Å². The second kappa shape index (κ2) is 4.94. The van der Waals surface area contributed by atoms with Crippen LogP contribution >= 0.6 is 0 Å². The van der Waals surface area contributed by atoms with E-state index in [4.69, 9.17) is 0 Å². The molecular weight excluding hydrogens is 192 g/mol. The first-order chi connectivity index (χ1) is 6.94. The summed E-state index contributed by atoms with van der Waals surface area (Å²) in [6, 6.07) is 0. The summed E-state index contributed by atoms with van der Waals surface area (Å²) in [5.74, 6) is 0.370. The number of carbonyl (C=O) groups is 1. The topological polar surface area (TPSA) is 61.4 Å². The van der Waals surface area contributed by atoms with E-state index >= 15 is 0 Å². The number of hydrogen-bond acceptors (Lipinski definition) is 3. The van der Waals surface area contributed by atoms with Crippen molar-refractivity contribution in [2.45, 2.75) is 32.8 Å². The molecule has 1 heterocycles. The maximum Gasteiger partial charge on any atom is 0.223 e. The van der Waals surface area contributed by atoms with Crippen LogP contribution in [0.3, 0.4) is 0 Å². The van der Waals surface area contributed by atoms with Gasteiger partial charge in [-0.1, -0.05) is 20.8 Å². The zero-order valence-electron chi connectivity index (χ0n) is 9.84. The normalized spacial score (nSPS) is 28.1. The highest BCUT2D eigenvalue weighted by atomic mass is 16.3. The van der Waals surface area contributed by atoms with E-state index in [9.17, 15) is 9.90 Å². The average molecular weight is 214 g/mol. The number of aliphatic hydroxyl groups is 1. The molecule has 1 aliphatic rings. The van der Waals surface area contributed by atoms with Crippen LogP contribution in [-0.2, 0) is 4.79 Å². The van der Waals surface area contributed by atoms with E-state index in [1.165, 1.54) is 0 Å². The minimum Gasteiger partial charge on any atom is -0.387 e. The van der Waals surface area contributed by atoms with Crippen molar-refractivity contribution >= 4 is 5.91 Å². The van der Waals surface area contributed by atoms with Crippen molar-refractivity contribution in [1.29, 1.82) is 0 Å². The van der Waals surface area contributed by atoms with Crippen LogP contribution in [0.25, 0.3) is 0 Å². The first-order valence-electron chi connectivity index (χ1n) is 5.65. The molecule has 1 amide bonds. The Morgan fingerprint density at radius 1 is 1.53 bits per heavy atom. The highest BCUT2D eigenvalue weighted by molar-refractivity contribution is 5.78. The third-order valence-corrected chi connectivity index (χ3v) is 3.23. The molecular formula is C11H22N2O2. The predicted octanol–water partition coefficient (Wildman–Crippen LogP) is 0.119. The number of β-amino-alcohol motifs (C(OH)–C–C–N with tert-alkyl or cyclic N) is 1. The second-order valence-corrected chi connectivity index (χ2v) is 4.90. The molecule has 4 nitrogen and oxygen atoms in total. The van der Waals surface area contributed by atoms with Gasteiger partial charge in [0.05, 0.1) is 5.60 Å². The third kappa shape index (κ3) is 3.47. The van der Waals surface area contributed by atoms with E-state index < -0.39 is 5.60 Å². The Morgan fingerprint density at radius 2 is 2.20 bits per heavy atom. The Labute approximate surface area is 91.4 Å². The molecule has 3 N–H and O–H groups in total. The summed E-state index contributed by atoms with van der Waals surface area (Å²) in [5, 5.41) is 15.9. The highest BCUT2D eigenvalue weighted by Gasteiger charge is 2.31. The van der Waals surface area contributed by atoms with Crippen LogP contribution in [0.5, 0.6) is 0 Å². The Hall–Kier alpha value is -0.610. The molecule has 0 aromatic rings. The van der Waals surface area contributed by atoms with Gasteiger partial charge in [-0.05, 0) is 18.9 Å². The summed E-state index contributed by atoms with van der Waals surface area (Å²) in [6.07, 6.45) is 0.712. The fourth-order valence-corrected chi connectivity index (χ4v) is 1.60.